The summed E-state index contributed by atoms with van der Waals surface area (Å²) in [6, 6.07) is 0. The second kappa shape index (κ2) is 12.1. The van der Waals surface area contributed by atoms with Gasteiger partial charge >= 0.3 is 5.97 Å². The smallest absolute Gasteiger partial charge is 0.306 e. The molecule has 5 heteroatoms. The minimum atomic E-state index is -0.609. The van der Waals surface area contributed by atoms with Gasteiger partial charge in [-0.2, -0.15) is 0 Å². The molecule has 0 spiro atoms. The number of cyclic esters (lactones) is 1. The Morgan fingerprint density at radius 3 is 2.47 bits per heavy atom. The van der Waals surface area contributed by atoms with Gasteiger partial charge in [0.2, 0.25) is 0 Å². The van der Waals surface area contributed by atoms with Crippen molar-refractivity contribution in [3.05, 3.63) is 45.5 Å². The van der Waals surface area contributed by atoms with Crippen molar-refractivity contribution < 1.29 is 14.3 Å². The van der Waals surface area contributed by atoms with Crippen LogP contribution in [0.5, 0.6) is 0 Å². The Morgan fingerprint density at radius 1 is 1.18 bits per heavy atom. The average molecular weight is 486 g/mol. The summed E-state index contributed by atoms with van der Waals surface area (Å²) >= 11 is 1.61. The highest BCUT2D eigenvalue weighted by Crippen LogP contribution is 2.37. The highest BCUT2D eigenvalue weighted by molar-refractivity contribution is 7.09. The first kappa shape index (κ1) is 28.2. The Kier molecular flexibility index (Phi) is 10.0. The Hall–Kier alpha value is -2.01. The van der Waals surface area contributed by atoms with Crippen molar-refractivity contribution in [2.75, 3.05) is 0 Å². The average Bonchev–Trinajstić information content (AvgIpc) is 3.18. The van der Waals surface area contributed by atoms with E-state index in [1.807, 2.05) is 53.0 Å². The maximum atomic E-state index is 13.5. The third-order valence-electron chi connectivity index (χ3n) is 7.73. The van der Waals surface area contributed by atoms with Crippen LogP contribution in [-0.4, -0.2) is 22.8 Å². The molecule has 0 aliphatic carbocycles. The van der Waals surface area contributed by atoms with Crippen LogP contribution < -0.4 is 0 Å². The monoisotopic (exact) mass is 485 g/mol. The molecule has 0 N–H and O–H groups in total. The molecule has 2 heterocycles. The van der Waals surface area contributed by atoms with Crippen LogP contribution in [-0.2, 0) is 14.3 Å². The zero-order valence-electron chi connectivity index (χ0n) is 22.5. The molecule has 0 radical (unpaired) electrons. The van der Waals surface area contributed by atoms with Gasteiger partial charge in [0.1, 0.15) is 11.9 Å². The first-order valence-corrected chi connectivity index (χ1v) is 13.4. The van der Waals surface area contributed by atoms with E-state index in [0.29, 0.717) is 12.3 Å². The van der Waals surface area contributed by atoms with Crippen LogP contribution in [0.1, 0.15) is 85.4 Å². The van der Waals surface area contributed by atoms with Crippen molar-refractivity contribution >= 4 is 29.2 Å². The van der Waals surface area contributed by atoms with E-state index < -0.39 is 5.41 Å². The van der Waals surface area contributed by atoms with Crippen molar-refractivity contribution in [3.8, 4) is 0 Å². The Balaban J connectivity index is 2.37. The van der Waals surface area contributed by atoms with Crippen LogP contribution in [0.4, 0.5) is 0 Å². The number of ether oxygens (including phenoxy) is 1. The van der Waals surface area contributed by atoms with Gasteiger partial charge in [0.05, 0.1) is 10.7 Å². The van der Waals surface area contributed by atoms with E-state index in [-0.39, 0.29) is 42.0 Å². The molecule has 1 unspecified atom stereocenters. The van der Waals surface area contributed by atoms with Gasteiger partial charge in [-0.1, -0.05) is 65.3 Å². The van der Waals surface area contributed by atoms with E-state index in [2.05, 4.69) is 44.0 Å². The maximum absolute atomic E-state index is 13.5. The summed E-state index contributed by atoms with van der Waals surface area (Å²) in [4.78, 5) is 31.0. The number of nitrogens with zero attached hydrogens (tertiary/aromatic N) is 1. The number of thiazole rings is 1. The summed E-state index contributed by atoms with van der Waals surface area (Å²) in [6.45, 7) is 18.4. The fraction of sp³-hybridized carbons (Fsp3) is 0.621. The second-order valence-electron chi connectivity index (χ2n) is 10.8. The molecule has 1 aliphatic heterocycles. The van der Waals surface area contributed by atoms with Gasteiger partial charge < -0.3 is 4.74 Å². The number of ketones is 1. The highest BCUT2D eigenvalue weighted by atomic mass is 32.1. The van der Waals surface area contributed by atoms with Gasteiger partial charge in [-0.05, 0) is 56.6 Å². The van der Waals surface area contributed by atoms with Gasteiger partial charge in [0.15, 0.2) is 0 Å². The van der Waals surface area contributed by atoms with Gasteiger partial charge in [-0.15, -0.1) is 11.3 Å². The number of Topliss-reactive ketones (excluding diaryl/α,β-unsaturated/α-hetero) is 1. The molecule has 4 nitrogen and oxygen atoms in total. The molecule has 0 fully saturated rings. The van der Waals surface area contributed by atoms with Gasteiger partial charge in [0, 0.05) is 29.6 Å². The number of allylic oxidation sites excluding steroid dienone is 3. The SMILES string of the molecule is C/C1=C/CC(/C(C)=C/c2csc(C)n2)OC(=O)C[C@H](C)C(C)(C)C(=O)[C@H](C)[C@@H](C)[C@@H](C)/C=C/C1. The lowest BCUT2D eigenvalue weighted by Gasteiger charge is -2.35. The van der Waals surface area contributed by atoms with Crippen LogP contribution >= 0.6 is 11.3 Å². The van der Waals surface area contributed by atoms with Crippen LogP contribution in [0.3, 0.4) is 0 Å². The standard InChI is InChI=1S/C29H43NO3S/c1-18-11-10-12-19(2)22(5)23(6)28(32)29(8,9)21(4)16-27(31)33-26(14-13-18)20(3)15-25-17-34-24(7)30-25/h10,12-13,15,17,19,21-23,26H,11,14,16H2,1-9H3/b12-10+,18-13-,20-15+/t19-,21-,22-,23+,26?/m0/s1. The Morgan fingerprint density at radius 2 is 1.85 bits per heavy atom. The molecule has 2 rings (SSSR count). The Labute approximate surface area is 210 Å². The third kappa shape index (κ3) is 7.49. The van der Waals surface area contributed by atoms with Crippen LogP contribution in [0, 0.1) is 36.0 Å². The molecule has 188 valence electrons. The second-order valence-corrected chi connectivity index (χ2v) is 11.8. The number of hydrogen-bond donors (Lipinski definition) is 0. The van der Waals surface area contributed by atoms with Crippen LogP contribution in [0.2, 0.25) is 0 Å². The lowest BCUT2D eigenvalue weighted by Crippen LogP contribution is -2.39. The molecule has 0 aromatic carbocycles. The molecule has 34 heavy (non-hydrogen) atoms. The van der Waals surface area contributed by atoms with Crippen LogP contribution in [0.25, 0.3) is 6.08 Å². The normalized spacial score (nSPS) is 32.6. The number of aryl methyl sites for hydroxylation is 1. The summed E-state index contributed by atoms with van der Waals surface area (Å²) in [5.41, 5.74) is 2.49. The zero-order valence-corrected chi connectivity index (χ0v) is 23.3. The summed E-state index contributed by atoms with van der Waals surface area (Å²) in [5, 5.41) is 3.02. The summed E-state index contributed by atoms with van der Waals surface area (Å²) in [7, 11) is 0. The summed E-state index contributed by atoms with van der Waals surface area (Å²) in [6.07, 6.45) is 9.94. The number of carbonyl (C=O) groups is 2. The largest absolute Gasteiger partial charge is 0.457 e. The molecule has 5 atom stereocenters. The predicted octanol–water partition coefficient (Wildman–Crippen LogP) is 7.59. The number of aromatic nitrogens is 1. The minimum absolute atomic E-state index is 0.0860. The summed E-state index contributed by atoms with van der Waals surface area (Å²) in [5.74, 6) is 0.283. The van der Waals surface area contributed by atoms with Gasteiger partial charge in [-0.25, -0.2) is 4.98 Å². The predicted molar refractivity (Wildman–Crippen MR) is 143 cm³/mol. The minimum Gasteiger partial charge on any atom is -0.457 e. The number of carbonyl (C=O) groups excluding carboxylic acids is 2. The van der Waals surface area contributed by atoms with Gasteiger partial charge in [0.25, 0.3) is 0 Å². The molecular weight excluding hydrogens is 442 g/mol. The van der Waals surface area contributed by atoms with Gasteiger partial charge in [-0.3, -0.25) is 9.59 Å². The van der Waals surface area contributed by atoms with Crippen molar-refractivity contribution in [3.63, 3.8) is 0 Å². The van der Waals surface area contributed by atoms with Crippen molar-refractivity contribution in [2.45, 2.75) is 87.7 Å². The van der Waals surface area contributed by atoms with Crippen LogP contribution in [0.15, 0.2) is 34.8 Å². The maximum Gasteiger partial charge on any atom is 0.306 e. The quantitative estimate of drug-likeness (QED) is 0.320. The van der Waals surface area contributed by atoms with E-state index >= 15 is 0 Å². The van der Waals surface area contributed by atoms with E-state index in [1.54, 1.807) is 11.3 Å². The lowest BCUT2D eigenvalue weighted by molar-refractivity contribution is -0.150. The van der Waals surface area contributed by atoms with E-state index in [1.165, 1.54) is 5.57 Å². The van der Waals surface area contributed by atoms with Crippen molar-refractivity contribution in [2.24, 2.45) is 29.1 Å². The molecule has 0 saturated carbocycles. The molecule has 0 amide bonds. The fourth-order valence-corrected chi connectivity index (χ4v) is 4.94. The molecule has 0 bridgehead atoms. The number of esters is 1. The molecule has 1 aromatic heterocycles. The van der Waals surface area contributed by atoms with Crippen molar-refractivity contribution in [1.29, 1.82) is 0 Å². The first-order valence-electron chi connectivity index (χ1n) is 12.5. The van der Waals surface area contributed by atoms with E-state index in [0.717, 1.165) is 22.7 Å². The molecule has 1 aliphatic rings. The number of hydrogen-bond acceptors (Lipinski definition) is 5. The fourth-order valence-electron chi connectivity index (χ4n) is 4.37. The zero-order chi connectivity index (χ0) is 25.6. The summed E-state index contributed by atoms with van der Waals surface area (Å²) < 4.78 is 6.00. The molecule has 0 saturated heterocycles. The Bertz CT molecular complexity index is 952. The van der Waals surface area contributed by atoms with Crippen molar-refractivity contribution in [1.82, 2.24) is 4.98 Å². The number of rotatable bonds is 2. The first-order chi connectivity index (χ1) is 15.8. The molecular formula is C29H43NO3S. The van der Waals surface area contributed by atoms with E-state index in [9.17, 15) is 9.59 Å². The molecule has 1 aromatic rings. The lowest BCUT2D eigenvalue weighted by atomic mass is 9.68. The topological polar surface area (TPSA) is 56.3 Å². The highest BCUT2D eigenvalue weighted by Gasteiger charge is 2.40. The third-order valence-corrected chi connectivity index (χ3v) is 8.52. The van der Waals surface area contributed by atoms with E-state index in [4.69, 9.17) is 4.74 Å².